The maximum absolute atomic E-state index is 12.1. The molecule has 0 bridgehead atoms. The first kappa shape index (κ1) is 16.1. The molecule has 0 radical (unpaired) electrons. The number of nitro groups is 1. The zero-order valence-corrected chi connectivity index (χ0v) is 13.0. The molecule has 2 aromatic carbocycles. The molecular weight excluding hydrogens is 320 g/mol. The molecule has 0 aliphatic rings. The Morgan fingerprint density at radius 1 is 1.08 bits per heavy atom. The Balaban J connectivity index is 1.78. The van der Waals surface area contributed by atoms with Crippen LogP contribution in [0, 0.1) is 10.1 Å². The van der Waals surface area contributed by atoms with E-state index < -0.39 is 4.92 Å². The van der Waals surface area contributed by atoms with Gasteiger partial charge in [-0.2, -0.15) is 5.10 Å². The molecule has 1 heterocycles. The second-order valence-electron chi connectivity index (χ2n) is 5.19. The van der Waals surface area contributed by atoms with E-state index >= 15 is 0 Å². The van der Waals surface area contributed by atoms with Crippen LogP contribution >= 0.6 is 0 Å². The van der Waals surface area contributed by atoms with Crippen molar-refractivity contribution in [2.45, 2.75) is 0 Å². The molecule has 3 rings (SSSR count). The highest BCUT2D eigenvalue weighted by Crippen LogP contribution is 2.20. The summed E-state index contributed by atoms with van der Waals surface area (Å²) >= 11 is 0. The van der Waals surface area contributed by atoms with Gasteiger partial charge in [-0.3, -0.25) is 20.0 Å². The minimum Gasteiger partial charge on any atom is -0.320 e. The van der Waals surface area contributed by atoms with Crippen molar-refractivity contribution in [1.82, 2.24) is 10.2 Å². The van der Waals surface area contributed by atoms with Crippen LogP contribution in [0.3, 0.4) is 0 Å². The molecule has 25 heavy (non-hydrogen) atoms. The number of nitrogens with one attached hydrogen (secondary N) is 2. The summed E-state index contributed by atoms with van der Waals surface area (Å²) in [6, 6.07) is 15.2. The second-order valence-corrected chi connectivity index (χ2v) is 5.19. The number of para-hydroxylation sites is 1. The van der Waals surface area contributed by atoms with Gasteiger partial charge in [0.1, 0.15) is 5.69 Å². The van der Waals surface area contributed by atoms with Crippen molar-refractivity contribution in [3.05, 3.63) is 87.7 Å². The molecule has 1 amide bonds. The highest BCUT2D eigenvalue weighted by atomic mass is 16.6. The first-order valence-corrected chi connectivity index (χ1v) is 7.46. The van der Waals surface area contributed by atoms with Crippen LogP contribution in [0.2, 0.25) is 0 Å². The van der Waals surface area contributed by atoms with E-state index in [1.807, 2.05) is 30.4 Å². The van der Waals surface area contributed by atoms with Gasteiger partial charge in [0.2, 0.25) is 0 Å². The van der Waals surface area contributed by atoms with Gasteiger partial charge in [0.05, 0.1) is 4.92 Å². The van der Waals surface area contributed by atoms with Gasteiger partial charge in [0.15, 0.2) is 0 Å². The molecule has 0 atom stereocenters. The van der Waals surface area contributed by atoms with Gasteiger partial charge in [0.25, 0.3) is 11.6 Å². The van der Waals surface area contributed by atoms with Crippen molar-refractivity contribution in [2.75, 3.05) is 5.32 Å². The van der Waals surface area contributed by atoms with E-state index in [2.05, 4.69) is 15.5 Å². The summed E-state index contributed by atoms with van der Waals surface area (Å²) in [4.78, 5) is 22.4. The van der Waals surface area contributed by atoms with E-state index in [9.17, 15) is 14.9 Å². The van der Waals surface area contributed by atoms with Crippen LogP contribution < -0.4 is 5.32 Å². The smallest absolute Gasteiger partial charge is 0.273 e. The van der Waals surface area contributed by atoms with E-state index in [0.29, 0.717) is 11.4 Å². The van der Waals surface area contributed by atoms with Crippen molar-refractivity contribution in [1.29, 1.82) is 0 Å². The fraction of sp³-hybridized carbons (Fsp3) is 0. The number of carbonyl (C=O) groups is 1. The average Bonchev–Trinajstić information content (AvgIpc) is 3.16. The van der Waals surface area contributed by atoms with Crippen molar-refractivity contribution in [3.8, 4) is 0 Å². The van der Waals surface area contributed by atoms with Crippen LogP contribution in [0.4, 0.5) is 11.4 Å². The summed E-state index contributed by atoms with van der Waals surface area (Å²) in [6.07, 6.45) is 5.17. The number of carbonyl (C=O) groups excluding carboxylic acids is 1. The molecule has 1 aromatic heterocycles. The standard InChI is InChI=1S/C18H14N4O3/c23-18(17-11-12-19-21-17)20-16-4-2-1-3-14(16)8-5-13-6-9-15(10-7-13)22(24)25/h1-12H,(H,19,21)(H,20,23)/b8-5+. The molecule has 2 N–H and O–H groups in total. The van der Waals surface area contributed by atoms with Gasteiger partial charge in [-0.1, -0.05) is 30.4 Å². The summed E-state index contributed by atoms with van der Waals surface area (Å²) in [5.41, 5.74) is 2.70. The molecule has 7 heteroatoms. The van der Waals surface area contributed by atoms with Gasteiger partial charge < -0.3 is 5.32 Å². The van der Waals surface area contributed by atoms with Crippen LogP contribution in [0.5, 0.6) is 0 Å². The van der Waals surface area contributed by atoms with Crippen molar-refractivity contribution < 1.29 is 9.72 Å². The summed E-state index contributed by atoms with van der Waals surface area (Å²) < 4.78 is 0. The first-order chi connectivity index (χ1) is 12.1. The predicted octanol–water partition coefficient (Wildman–Crippen LogP) is 3.74. The third-order valence-electron chi connectivity index (χ3n) is 3.51. The van der Waals surface area contributed by atoms with Crippen LogP contribution in [-0.2, 0) is 0 Å². The fourth-order valence-electron chi connectivity index (χ4n) is 2.22. The van der Waals surface area contributed by atoms with Crippen LogP contribution in [0.1, 0.15) is 21.6 Å². The third kappa shape index (κ3) is 3.97. The minimum atomic E-state index is -0.437. The van der Waals surface area contributed by atoms with E-state index in [1.165, 1.54) is 18.3 Å². The van der Waals surface area contributed by atoms with E-state index in [0.717, 1.165) is 11.1 Å². The number of hydrogen-bond donors (Lipinski definition) is 2. The van der Waals surface area contributed by atoms with Gasteiger partial charge in [-0.15, -0.1) is 0 Å². The second kappa shape index (κ2) is 7.22. The Morgan fingerprint density at radius 3 is 2.52 bits per heavy atom. The lowest BCUT2D eigenvalue weighted by Crippen LogP contribution is -2.13. The third-order valence-corrected chi connectivity index (χ3v) is 3.51. The zero-order chi connectivity index (χ0) is 17.6. The maximum atomic E-state index is 12.1. The fourth-order valence-corrected chi connectivity index (χ4v) is 2.22. The number of nitro benzene ring substituents is 1. The zero-order valence-electron chi connectivity index (χ0n) is 13.0. The molecule has 3 aromatic rings. The highest BCUT2D eigenvalue weighted by Gasteiger charge is 2.08. The van der Waals surface area contributed by atoms with Crippen molar-refractivity contribution in [3.63, 3.8) is 0 Å². The molecule has 0 unspecified atom stereocenters. The Bertz CT molecular complexity index is 916. The Morgan fingerprint density at radius 2 is 1.84 bits per heavy atom. The molecule has 0 aliphatic carbocycles. The number of nitrogens with zero attached hydrogens (tertiary/aromatic N) is 2. The van der Waals surface area contributed by atoms with Gasteiger partial charge >= 0.3 is 0 Å². The largest absolute Gasteiger partial charge is 0.320 e. The predicted molar refractivity (Wildman–Crippen MR) is 95.0 cm³/mol. The number of anilines is 1. The van der Waals surface area contributed by atoms with Crippen LogP contribution in [-0.4, -0.2) is 21.0 Å². The highest BCUT2D eigenvalue weighted by molar-refractivity contribution is 6.04. The monoisotopic (exact) mass is 334 g/mol. The number of amides is 1. The van der Waals surface area contributed by atoms with Gasteiger partial charge in [0, 0.05) is 24.0 Å². The number of non-ortho nitro benzene ring substituents is 1. The van der Waals surface area contributed by atoms with Crippen molar-refractivity contribution >= 4 is 29.4 Å². The number of rotatable bonds is 5. The number of H-pyrrole nitrogens is 1. The van der Waals surface area contributed by atoms with E-state index in [4.69, 9.17) is 0 Å². The molecule has 0 aliphatic heterocycles. The van der Waals surface area contributed by atoms with Gasteiger partial charge in [-0.05, 0) is 35.4 Å². The SMILES string of the molecule is O=C(Nc1ccccc1/C=C/c1ccc([N+](=O)[O-])cc1)c1ccn[nH]1. The molecule has 0 saturated heterocycles. The summed E-state index contributed by atoms with van der Waals surface area (Å²) in [7, 11) is 0. The van der Waals surface area contributed by atoms with Crippen LogP contribution in [0.25, 0.3) is 12.2 Å². The minimum absolute atomic E-state index is 0.0457. The summed E-state index contributed by atoms with van der Waals surface area (Å²) in [5, 5.41) is 19.9. The van der Waals surface area contributed by atoms with Gasteiger partial charge in [-0.25, -0.2) is 0 Å². The molecule has 0 fully saturated rings. The maximum Gasteiger partial charge on any atom is 0.273 e. The van der Waals surface area contributed by atoms with E-state index in [-0.39, 0.29) is 11.6 Å². The van der Waals surface area contributed by atoms with E-state index in [1.54, 1.807) is 24.3 Å². The quantitative estimate of drug-likeness (QED) is 0.421. The topological polar surface area (TPSA) is 101 Å². The summed E-state index contributed by atoms with van der Waals surface area (Å²) in [5.74, 6) is -0.284. The lowest BCUT2D eigenvalue weighted by molar-refractivity contribution is -0.384. The molecule has 0 saturated carbocycles. The lowest BCUT2D eigenvalue weighted by Gasteiger charge is -2.07. The number of aromatic amines is 1. The molecular formula is C18H14N4O3. The number of aromatic nitrogens is 2. The molecule has 124 valence electrons. The molecule has 0 spiro atoms. The first-order valence-electron chi connectivity index (χ1n) is 7.46. The Kier molecular flexibility index (Phi) is 4.66. The Hall–Kier alpha value is -3.74. The number of benzene rings is 2. The Labute approximate surface area is 143 Å². The number of hydrogen-bond acceptors (Lipinski definition) is 4. The van der Waals surface area contributed by atoms with Crippen molar-refractivity contribution in [2.24, 2.45) is 0 Å². The summed E-state index contributed by atoms with van der Waals surface area (Å²) in [6.45, 7) is 0. The van der Waals surface area contributed by atoms with Crippen LogP contribution in [0.15, 0.2) is 60.8 Å². The molecule has 7 nitrogen and oxygen atoms in total. The lowest BCUT2D eigenvalue weighted by atomic mass is 10.1. The average molecular weight is 334 g/mol. The normalized spacial score (nSPS) is 10.7.